The van der Waals surface area contributed by atoms with Gasteiger partial charge in [0.15, 0.2) is 12.2 Å². The molecular formula is C19H20O7. The van der Waals surface area contributed by atoms with Crippen LogP contribution in [0.15, 0.2) is 45.6 Å². The lowest BCUT2D eigenvalue weighted by atomic mass is 9.96. The summed E-state index contributed by atoms with van der Waals surface area (Å²) < 4.78 is 21.5. The third kappa shape index (κ3) is 4.11. The van der Waals surface area contributed by atoms with Gasteiger partial charge >= 0.3 is 17.6 Å². The summed E-state index contributed by atoms with van der Waals surface area (Å²) in [6, 6.07) is 6.21. The molecule has 1 aromatic carbocycles. The zero-order valence-corrected chi connectivity index (χ0v) is 15.0. The number of hydrogen-bond acceptors (Lipinski definition) is 7. The molecule has 0 fully saturated rings. The van der Waals surface area contributed by atoms with Gasteiger partial charge < -0.3 is 18.6 Å². The lowest BCUT2D eigenvalue weighted by molar-refractivity contribution is -0.163. The number of carbonyl (C=O) groups is 2. The quantitative estimate of drug-likeness (QED) is 0.444. The first-order chi connectivity index (χ1) is 12.2. The molecule has 1 heterocycles. The minimum atomic E-state index is -1.10. The Balaban J connectivity index is 2.79. The highest BCUT2D eigenvalue weighted by molar-refractivity contribution is 5.83. The molecule has 7 heteroatoms. The highest BCUT2D eigenvalue weighted by atomic mass is 16.6. The molecule has 0 bridgehead atoms. The Kier molecular flexibility index (Phi) is 5.82. The van der Waals surface area contributed by atoms with Gasteiger partial charge in [-0.2, -0.15) is 0 Å². The van der Waals surface area contributed by atoms with Gasteiger partial charge in [-0.05, 0) is 30.7 Å². The number of esters is 2. The monoisotopic (exact) mass is 360 g/mol. The average molecular weight is 360 g/mol. The largest absolute Gasteiger partial charge is 0.496 e. The van der Waals surface area contributed by atoms with Crippen molar-refractivity contribution in [3.63, 3.8) is 0 Å². The lowest BCUT2D eigenvalue weighted by Gasteiger charge is -2.28. The maximum atomic E-state index is 11.7. The minimum Gasteiger partial charge on any atom is -0.496 e. The van der Waals surface area contributed by atoms with Gasteiger partial charge in [-0.25, -0.2) is 4.79 Å². The van der Waals surface area contributed by atoms with Crippen molar-refractivity contribution >= 4 is 22.9 Å². The van der Waals surface area contributed by atoms with E-state index in [1.54, 1.807) is 25.1 Å². The average Bonchev–Trinajstić information content (AvgIpc) is 2.56. The van der Waals surface area contributed by atoms with Crippen LogP contribution in [0.3, 0.4) is 0 Å². The second-order valence-corrected chi connectivity index (χ2v) is 5.76. The van der Waals surface area contributed by atoms with Crippen LogP contribution < -0.4 is 10.4 Å². The Labute approximate surface area is 150 Å². The van der Waals surface area contributed by atoms with Crippen molar-refractivity contribution in [3.05, 3.63) is 52.4 Å². The number of ether oxygens (including phenoxy) is 3. The molecule has 0 saturated heterocycles. The van der Waals surface area contributed by atoms with Gasteiger partial charge in [-0.1, -0.05) is 6.58 Å². The van der Waals surface area contributed by atoms with Crippen molar-refractivity contribution in [1.82, 2.24) is 0 Å². The fourth-order valence-electron chi connectivity index (χ4n) is 2.63. The Morgan fingerprint density at radius 2 is 1.65 bits per heavy atom. The van der Waals surface area contributed by atoms with Crippen molar-refractivity contribution in [2.75, 3.05) is 7.11 Å². The number of methoxy groups -OCH3 is 1. The van der Waals surface area contributed by atoms with E-state index in [1.807, 2.05) is 0 Å². The Morgan fingerprint density at radius 3 is 2.19 bits per heavy atom. The van der Waals surface area contributed by atoms with Crippen LogP contribution in [-0.4, -0.2) is 25.2 Å². The maximum absolute atomic E-state index is 11.7. The number of fused-ring (bicyclic) bond motifs is 1. The summed E-state index contributed by atoms with van der Waals surface area (Å²) in [6.45, 7) is 7.91. The summed E-state index contributed by atoms with van der Waals surface area (Å²) in [7, 11) is 1.43. The second kappa shape index (κ2) is 7.86. The van der Waals surface area contributed by atoms with Crippen LogP contribution in [0.25, 0.3) is 11.0 Å². The SMILES string of the molecule is C=C(C)[C@@H](OC(C)=O)[C@@H](OC(C)=O)c1c(OC)ccc2ccc(=O)oc12. The standard InChI is InChI=1S/C19H20O7/c1-10(2)17(24-11(3)20)19(25-12(4)21)16-14(23-5)8-6-13-7-9-15(22)26-18(13)16/h6-9,17,19H,1H2,2-5H3/t17-,19+/m1/s1. The summed E-state index contributed by atoms with van der Waals surface area (Å²) in [5.41, 5.74) is 0.338. The van der Waals surface area contributed by atoms with Crippen molar-refractivity contribution in [1.29, 1.82) is 0 Å². The minimum absolute atomic E-state index is 0.182. The molecule has 1 aromatic heterocycles. The number of rotatable bonds is 6. The van der Waals surface area contributed by atoms with Gasteiger partial charge in [0.05, 0.1) is 12.7 Å². The summed E-state index contributed by atoms with van der Waals surface area (Å²) in [5.74, 6) is -0.863. The van der Waals surface area contributed by atoms with Crippen LogP contribution in [-0.2, 0) is 19.1 Å². The molecule has 0 amide bonds. The molecule has 138 valence electrons. The summed E-state index contributed by atoms with van der Waals surface area (Å²) in [5, 5.41) is 0.598. The van der Waals surface area contributed by atoms with E-state index >= 15 is 0 Å². The van der Waals surface area contributed by atoms with Crippen LogP contribution >= 0.6 is 0 Å². The van der Waals surface area contributed by atoms with E-state index in [1.165, 1.54) is 27.0 Å². The molecule has 0 aliphatic rings. The van der Waals surface area contributed by atoms with Gasteiger partial charge in [-0.15, -0.1) is 0 Å². The molecule has 0 saturated carbocycles. The molecule has 7 nitrogen and oxygen atoms in total. The highest BCUT2D eigenvalue weighted by Gasteiger charge is 2.34. The van der Waals surface area contributed by atoms with Crippen molar-refractivity contribution < 1.29 is 28.2 Å². The molecule has 0 radical (unpaired) electrons. The van der Waals surface area contributed by atoms with Crippen LogP contribution in [0.1, 0.15) is 32.4 Å². The molecule has 2 rings (SSSR count). The Bertz CT molecular complexity index is 910. The molecule has 0 aliphatic heterocycles. The molecular weight excluding hydrogens is 340 g/mol. The van der Waals surface area contributed by atoms with E-state index in [0.29, 0.717) is 16.7 Å². The van der Waals surface area contributed by atoms with Gasteiger partial charge in [0.25, 0.3) is 0 Å². The van der Waals surface area contributed by atoms with Crippen LogP contribution in [0.4, 0.5) is 0 Å². The fourth-order valence-corrected chi connectivity index (χ4v) is 2.63. The smallest absolute Gasteiger partial charge is 0.336 e. The predicted molar refractivity (Wildman–Crippen MR) is 93.9 cm³/mol. The van der Waals surface area contributed by atoms with E-state index in [-0.39, 0.29) is 11.1 Å². The number of carbonyl (C=O) groups excluding carboxylic acids is 2. The molecule has 0 spiro atoms. The van der Waals surface area contributed by atoms with Gasteiger partial charge in [0, 0.05) is 25.3 Å². The van der Waals surface area contributed by atoms with E-state index in [9.17, 15) is 14.4 Å². The third-order valence-corrected chi connectivity index (χ3v) is 3.64. The van der Waals surface area contributed by atoms with Crippen molar-refractivity contribution in [3.8, 4) is 5.75 Å². The third-order valence-electron chi connectivity index (χ3n) is 3.64. The molecule has 0 aliphatic carbocycles. The predicted octanol–water partition coefficient (Wildman–Crippen LogP) is 2.91. The number of hydrogen-bond donors (Lipinski definition) is 0. The summed E-state index contributed by atoms with van der Waals surface area (Å²) in [6.07, 6.45) is -2.08. The normalized spacial score (nSPS) is 12.9. The van der Waals surface area contributed by atoms with Crippen LogP contribution in [0.5, 0.6) is 5.75 Å². The van der Waals surface area contributed by atoms with E-state index < -0.39 is 29.8 Å². The summed E-state index contributed by atoms with van der Waals surface area (Å²) in [4.78, 5) is 35.0. The van der Waals surface area contributed by atoms with E-state index in [0.717, 1.165) is 0 Å². The molecule has 0 N–H and O–H groups in total. The van der Waals surface area contributed by atoms with E-state index in [4.69, 9.17) is 18.6 Å². The molecule has 0 unspecified atom stereocenters. The van der Waals surface area contributed by atoms with E-state index in [2.05, 4.69) is 6.58 Å². The van der Waals surface area contributed by atoms with Gasteiger partial charge in [-0.3, -0.25) is 9.59 Å². The molecule has 2 aromatic rings. The van der Waals surface area contributed by atoms with Crippen LogP contribution in [0.2, 0.25) is 0 Å². The summed E-state index contributed by atoms with van der Waals surface area (Å²) >= 11 is 0. The van der Waals surface area contributed by atoms with Crippen LogP contribution in [0, 0.1) is 0 Å². The van der Waals surface area contributed by atoms with Gasteiger partial charge in [0.2, 0.25) is 0 Å². The maximum Gasteiger partial charge on any atom is 0.336 e. The topological polar surface area (TPSA) is 92.0 Å². The first-order valence-corrected chi connectivity index (χ1v) is 7.85. The van der Waals surface area contributed by atoms with Crippen molar-refractivity contribution in [2.45, 2.75) is 33.0 Å². The lowest BCUT2D eigenvalue weighted by Crippen LogP contribution is -2.29. The first-order valence-electron chi connectivity index (χ1n) is 7.85. The number of benzene rings is 1. The Hall–Kier alpha value is -3.09. The first kappa shape index (κ1) is 19.2. The fraction of sp³-hybridized carbons (Fsp3) is 0.316. The zero-order chi connectivity index (χ0) is 19.4. The second-order valence-electron chi connectivity index (χ2n) is 5.76. The Morgan fingerprint density at radius 1 is 1.04 bits per heavy atom. The van der Waals surface area contributed by atoms with Crippen molar-refractivity contribution in [2.24, 2.45) is 0 Å². The molecule has 2 atom stereocenters. The van der Waals surface area contributed by atoms with Gasteiger partial charge in [0.1, 0.15) is 11.3 Å². The highest BCUT2D eigenvalue weighted by Crippen LogP contribution is 2.38. The molecule has 26 heavy (non-hydrogen) atoms. The zero-order valence-electron chi connectivity index (χ0n) is 15.0.